The molecule has 158 valence electrons. The van der Waals surface area contributed by atoms with Gasteiger partial charge < -0.3 is 15.4 Å². The molecule has 0 bridgehead atoms. The Hall–Kier alpha value is -3.03. The van der Waals surface area contributed by atoms with E-state index in [1.54, 1.807) is 18.2 Å². The normalized spacial score (nSPS) is 14.6. The number of ether oxygens (including phenoxy) is 1. The van der Waals surface area contributed by atoms with Crippen LogP contribution in [0, 0.1) is 5.82 Å². The monoisotopic (exact) mass is 411 g/mol. The number of nitrogens with zero attached hydrogens (tertiary/aromatic N) is 1. The van der Waals surface area contributed by atoms with E-state index in [-0.39, 0.29) is 17.6 Å². The Morgan fingerprint density at radius 1 is 1.10 bits per heavy atom. The topological polar surface area (TPSA) is 70.7 Å². The fourth-order valence-electron chi connectivity index (χ4n) is 3.09. The zero-order chi connectivity index (χ0) is 21.2. The number of carbonyl (C=O) groups is 2. The van der Waals surface area contributed by atoms with Crippen LogP contribution in [-0.4, -0.2) is 49.6 Å². The van der Waals surface area contributed by atoms with E-state index < -0.39 is 0 Å². The fraction of sp³-hybridized carbons (Fsp3) is 0.304. The third-order valence-corrected chi connectivity index (χ3v) is 4.76. The van der Waals surface area contributed by atoms with Crippen LogP contribution in [0.3, 0.4) is 0 Å². The van der Waals surface area contributed by atoms with Gasteiger partial charge in [0, 0.05) is 49.9 Å². The highest BCUT2D eigenvalue weighted by atomic mass is 19.1. The number of rotatable bonds is 8. The molecule has 0 aromatic heterocycles. The van der Waals surface area contributed by atoms with E-state index in [0.717, 1.165) is 18.7 Å². The van der Waals surface area contributed by atoms with Gasteiger partial charge in [-0.25, -0.2) is 4.39 Å². The Balaban J connectivity index is 1.44. The summed E-state index contributed by atoms with van der Waals surface area (Å²) < 4.78 is 18.9. The molecule has 2 amide bonds. The van der Waals surface area contributed by atoms with Gasteiger partial charge in [-0.05, 0) is 29.8 Å². The molecule has 6 nitrogen and oxygen atoms in total. The van der Waals surface area contributed by atoms with E-state index in [4.69, 9.17) is 4.74 Å². The largest absolute Gasteiger partial charge is 0.379 e. The number of morpholine rings is 1. The Morgan fingerprint density at radius 2 is 1.90 bits per heavy atom. The van der Waals surface area contributed by atoms with E-state index in [1.165, 1.54) is 18.2 Å². The minimum absolute atomic E-state index is 0.0458. The van der Waals surface area contributed by atoms with Gasteiger partial charge in [0.05, 0.1) is 13.2 Å². The molecular weight excluding hydrogens is 385 g/mol. The molecule has 1 saturated heterocycles. The van der Waals surface area contributed by atoms with E-state index in [9.17, 15) is 14.0 Å². The van der Waals surface area contributed by atoms with E-state index >= 15 is 0 Å². The summed E-state index contributed by atoms with van der Waals surface area (Å²) in [5, 5.41) is 5.66. The van der Waals surface area contributed by atoms with Crippen molar-refractivity contribution in [3.8, 4) is 0 Å². The van der Waals surface area contributed by atoms with Crippen LogP contribution in [0.2, 0.25) is 0 Å². The summed E-state index contributed by atoms with van der Waals surface area (Å²) in [4.78, 5) is 26.4. The van der Waals surface area contributed by atoms with Gasteiger partial charge >= 0.3 is 0 Å². The third-order valence-electron chi connectivity index (χ3n) is 4.76. The Kier molecular flexibility index (Phi) is 8.11. The standard InChI is InChI=1S/C23H26FN3O3/c24-21-7-2-1-5-19(21)8-9-22(28)25-17-18-4-3-6-20(16-18)26-23(29)10-11-27-12-14-30-15-13-27/h1-9,16H,10-15,17H2,(H,25,28)(H,26,29)/b9-8+. The van der Waals surface area contributed by atoms with Gasteiger partial charge in [-0.15, -0.1) is 0 Å². The van der Waals surface area contributed by atoms with Crippen molar-refractivity contribution in [2.75, 3.05) is 38.2 Å². The number of carbonyl (C=O) groups excluding carboxylic acids is 2. The molecule has 1 fully saturated rings. The summed E-state index contributed by atoms with van der Waals surface area (Å²) in [6.45, 7) is 4.15. The molecule has 7 heteroatoms. The number of hydrogen-bond acceptors (Lipinski definition) is 4. The lowest BCUT2D eigenvalue weighted by Gasteiger charge is -2.26. The van der Waals surface area contributed by atoms with Crippen LogP contribution >= 0.6 is 0 Å². The average molecular weight is 411 g/mol. The Labute approximate surface area is 175 Å². The number of benzene rings is 2. The maximum atomic E-state index is 13.6. The summed E-state index contributed by atoms with van der Waals surface area (Å²) in [5.74, 6) is -0.743. The van der Waals surface area contributed by atoms with Crippen molar-refractivity contribution in [2.24, 2.45) is 0 Å². The summed E-state index contributed by atoms with van der Waals surface area (Å²) in [7, 11) is 0. The molecule has 2 N–H and O–H groups in total. The predicted molar refractivity (Wildman–Crippen MR) is 114 cm³/mol. The van der Waals surface area contributed by atoms with Crippen LogP contribution in [0.1, 0.15) is 17.5 Å². The zero-order valence-corrected chi connectivity index (χ0v) is 16.8. The second kappa shape index (κ2) is 11.2. The molecule has 0 aliphatic carbocycles. The van der Waals surface area contributed by atoms with Crippen molar-refractivity contribution < 1.29 is 18.7 Å². The third kappa shape index (κ3) is 7.09. The van der Waals surface area contributed by atoms with E-state index in [0.29, 0.717) is 44.0 Å². The number of hydrogen-bond donors (Lipinski definition) is 2. The highest BCUT2D eigenvalue weighted by Crippen LogP contribution is 2.12. The first kappa shape index (κ1) is 21.7. The van der Waals surface area contributed by atoms with Gasteiger partial charge in [-0.1, -0.05) is 30.3 Å². The lowest BCUT2D eigenvalue weighted by molar-refractivity contribution is -0.117. The first-order valence-corrected chi connectivity index (χ1v) is 9.99. The lowest BCUT2D eigenvalue weighted by atomic mass is 10.2. The molecule has 0 atom stereocenters. The molecule has 1 aliphatic heterocycles. The minimum Gasteiger partial charge on any atom is -0.379 e. The SMILES string of the molecule is O=C(/C=C/c1ccccc1F)NCc1cccc(NC(=O)CCN2CCOCC2)c1. The number of halogens is 1. The van der Waals surface area contributed by atoms with Gasteiger partial charge in [0.1, 0.15) is 5.82 Å². The Bertz CT molecular complexity index is 895. The molecule has 1 heterocycles. The van der Waals surface area contributed by atoms with E-state index in [2.05, 4.69) is 15.5 Å². The summed E-state index contributed by atoms with van der Waals surface area (Å²) in [5.41, 5.74) is 1.90. The molecule has 1 aliphatic rings. The molecule has 2 aromatic rings. The van der Waals surface area contributed by atoms with Gasteiger partial charge in [0.15, 0.2) is 0 Å². The highest BCUT2D eigenvalue weighted by Gasteiger charge is 2.12. The maximum absolute atomic E-state index is 13.6. The lowest BCUT2D eigenvalue weighted by Crippen LogP contribution is -2.38. The van der Waals surface area contributed by atoms with Crippen LogP contribution in [0.5, 0.6) is 0 Å². The molecule has 30 heavy (non-hydrogen) atoms. The maximum Gasteiger partial charge on any atom is 0.244 e. The number of anilines is 1. The van der Waals surface area contributed by atoms with Crippen molar-refractivity contribution in [1.29, 1.82) is 0 Å². The molecule has 2 aromatic carbocycles. The van der Waals surface area contributed by atoms with Crippen LogP contribution < -0.4 is 10.6 Å². The molecule has 0 saturated carbocycles. The molecule has 0 spiro atoms. The van der Waals surface area contributed by atoms with Crippen molar-refractivity contribution in [3.05, 3.63) is 71.6 Å². The highest BCUT2D eigenvalue weighted by molar-refractivity contribution is 5.92. The first-order valence-electron chi connectivity index (χ1n) is 9.99. The second-order valence-corrected chi connectivity index (χ2v) is 7.03. The second-order valence-electron chi connectivity index (χ2n) is 7.03. The smallest absolute Gasteiger partial charge is 0.244 e. The minimum atomic E-state index is -0.376. The number of amides is 2. The van der Waals surface area contributed by atoms with Gasteiger partial charge in [-0.3, -0.25) is 14.5 Å². The van der Waals surface area contributed by atoms with Gasteiger partial charge in [0.25, 0.3) is 0 Å². The van der Waals surface area contributed by atoms with Crippen molar-refractivity contribution in [1.82, 2.24) is 10.2 Å². The van der Waals surface area contributed by atoms with Gasteiger partial charge in [-0.2, -0.15) is 0 Å². The van der Waals surface area contributed by atoms with E-state index in [1.807, 2.05) is 24.3 Å². The molecular formula is C23H26FN3O3. The van der Waals surface area contributed by atoms with Crippen molar-refractivity contribution >= 4 is 23.6 Å². The quantitative estimate of drug-likeness (QED) is 0.656. The van der Waals surface area contributed by atoms with Crippen LogP contribution in [0.4, 0.5) is 10.1 Å². The van der Waals surface area contributed by atoms with Crippen LogP contribution in [0.15, 0.2) is 54.6 Å². The van der Waals surface area contributed by atoms with Crippen LogP contribution in [0.25, 0.3) is 6.08 Å². The number of nitrogens with one attached hydrogen (secondary N) is 2. The van der Waals surface area contributed by atoms with Crippen molar-refractivity contribution in [2.45, 2.75) is 13.0 Å². The summed E-state index contributed by atoms with van der Waals surface area (Å²) in [6.07, 6.45) is 3.16. The molecule has 3 rings (SSSR count). The van der Waals surface area contributed by atoms with Gasteiger partial charge in [0.2, 0.25) is 11.8 Å². The average Bonchev–Trinajstić information content (AvgIpc) is 2.77. The molecule has 0 unspecified atom stereocenters. The zero-order valence-electron chi connectivity index (χ0n) is 16.8. The van der Waals surface area contributed by atoms with Crippen LogP contribution in [-0.2, 0) is 20.9 Å². The fourth-order valence-corrected chi connectivity index (χ4v) is 3.09. The predicted octanol–water partition coefficient (Wildman–Crippen LogP) is 2.82. The summed E-state index contributed by atoms with van der Waals surface area (Å²) in [6, 6.07) is 13.6. The first-order chi connectivity index (χ1) is 14.6. The van der Waals surface area contributed by atoms with Crippen molar-refractivity contribution in [3.63, 3.8) is 0 Å². The Morgan fingerprint density at radius 3 is 2.70 bits per heavy atom. The molecule has 0 radical (unpaired) electrons. The summed E-state index contributed by atoms with van der Waals surface area (Å²) >= 11 is 0.